The quantitative estimate of drug-likeness (QED) is 0.874. The van der Waals surface area contributed by atoms with E-state index in [1.165, 1.54) is 19.3 Å². The van der Waals surface area contributed by atoms with Crippen molar-refractivity contribution in [2.24, 2.45) is 0 Å². The van der Waals surface area contributed by atoms with Gasteiger partial charge in [-0.2, -0.15) is 0 Å². The van der Waals surface area contributed by atoms with Gasteiger partial charge in [-0.25, -0.2) is 0 Å². The maximum atomic E-state index is 11.9. The Morgan fingerprint density at radius 2 is 1.86 bits per heavy atom. The van der Waals surface area contributed by atoms with E-state index in [0.717, 1.165) is 31.1 Å². The van der Waals surface area contributed by atoms with Crippen LogP contribution in [0.2, 0.25) is 0 Å². The van der Waals surface area contributed by atoms with Gasteiger partial charge < -0.3 is 15.0 Å². The molecule has 0 aromatic heterocycles. The number of amides is 1. The third-order valence-electron chi connectivity index (χ3n) is 3.61. The summed E-state index contributed by atoms with van der Waals surface area (Å²) in [5.74, 6) is 0.911. The summed E-state index contributed by atoms with van der Waals surface area (Å²) in [7, 11) is 0. The lowest BCUT2D eigenvalue weighted by atomic mass is 10.1. The number of nitrogens with one attached hydrogen (secondary N) is 1. The van der Waals surface area contributed by atoms with Gasteiger partial charge >= 0.3 is 0 Å². The van der Waals surface area contributed by atoms with Crippen LogP contribution in [0, 0.1) is 0 Å². The minimum Gasteiger partial charge on any atom is -0.491 e. The molecule has 2 rings (SSSR count). The zero-order valence-corrected chi connectivity index (χ0v) is 13.1. The Morgan fingerprint density at radius 1 is 1.19 bits per heavy atom. The first kappa shape index (κ1) is 15.8. The van der Waals surface area contributed by atoms with Gasteiger partial charge in [0, 0.05) is 18.7 Å². The first-order valence-electron chi connectivity index (χ1n) is 7.92. The molecular weight excluding hydrogens is 264 g/mol. The van der Waals surface area contributed by atoms with Gasteiger partial charge in [0.05, 0.1) is 6.10 Å². The zero-order valence-electron chi connectivity index (χ0n) is 13.1. The SMILES string of the molecule is CC(C)Oc1ccc(NC(=O)CCN2CCCCC2)cc1. The molecule has 1 aromatic carbocycles. The average molecular weight is 290 g/mol. The number of rotatable bonds is 6. The van der Waals surface area contributed by atoms with Crippen LogP contribution in [0.15, 0.2) is 24.3 Å². The Morgan fingerprint density at radius 3 is 2.48 bits per heavy atom. The Bertz CT molecular complexity index is 437. The third-order valence-corrected chi connectivity index (χ3v) is 3.61. The van der Waals surface area contributed by atoms with Crippen molar-refractivity contribution in [3.63, 3.8) is 0 Å². The summed E-state index contributed by atoms with van der Waals surface area (Å²) in [5, 5.41) is 2.94. The van der Waals surface area contributed by atoms with E-state index >= 15 is 0 Å². The van der Waals surface area contributed by atoms with Gasteiger partial charge in [0.25, 0.3) is 0 Å². The van der Waals surface area contributed by atoms with Gasteiger partial charge in [-0.1, -0.05) is 6.42 Å². The maximum absolute atomic E-state index is 11.9. The molecule has 0 radical (unpaired) electrons. The smallest absolute Gasteiger partial charge is 0.225 e. The standard InChI is InChI=1S/C17H26N2O2/c1-14(2)21-16-8-6-15(7-9-16)18-17(20)10-13-19-11-4-3-5-12-19/h6-9,14H,3-5,10-13H2,1-2H3,(H,18,20). The number of nitrogens with zero attached hydrogens (tertiary/aromatic N) is 1. The van der Waals surface area contributed by atoms with Gasteiger partial charge in [0.15, 0.2) is 0 Å². The van der Waals surface area contributed by atoms with Crippen LogP contribution in [-0.4, -0.2) is 36.5 Å². The second-order valence-corrected chi connectivity index (χ2v) is 5.89. The summed E-state index contributed by atoms with van der Waals surface area (Å²) in [6.45, 7) is 7.12. The molecule has 1 amide bonds. The van der Waals surface area contributed by atoms with E-state index in [2.05, 4.69) is 10.2 Å². The van der Waals surface area contributed by atoms with Crippen LogP contribution >= 0.6 is 0 Å². The van der Waals surface area contributed by atoms with Crippen LogP contribution in [0.4, 0.5) is 5.69 Å². The largest absolute Gasteiger partial charge is 0.491 e. The average Bonchev–Trinajstić information content (AvgIpc) is 2.48. The van der Waals surface area contributed by atoms with Crippen LogP contribution in [0.25, 0.3) is 0 Å². The summed E-state index contributed by atoms with van der Waals surface area (Å²) in [6, 6.07) is 7.55. The van der Waals surface area contributed by atoms with Crippen LogP contribution in [0.1, 0.15) is 39.5 Å². The minimum absolute atomic E-state index is 0.0816. The summed E-state index contributed by atoms with van der Waals surface area (Å²) in [5.41, 5.74) is 0.828. The van der Waals surface area contributed by atoms with Crippen LogP contribution in [0.3, 0.4) is 0 Å². The molecule has 1 saturated heterocycles. The van der Waals surface area contributed by atoms with Crippen LogP contribution in [0.5, 0.6) is 5.75 Å². The highest BCUT2D eigenvalue weighted by atomic mass is 16.5. The molecule has 4 nitrogen and oxygen atoms in total. The number of anilines is 1. The van der Waals surface area contributed by atoms with Crippen molar-refractivity contribution in [1.29, 1.82) is 0 Å². The summed E-state index contributed by atoms with van der Waals surface area (Å²) in [6.07, 6.45) is 4.57. The van der Waals surface area contributed by atoms with Gasteiger partial charge in [0.2, 0.25) is 5.91 Å². The first-order chi connectivity index (χ1) is 10.1. The second kappa shape index (κ2) is 8.03. The summed E-state index contributed by atoms with van der Waals surface area (Å²) in [4.78, 5) is 14.3. The van der Waals surface area contributed by atoms with E-state index in [1.807, 2.05) is 38.1 Å². The number of likely N-dealkylation sites (tertiary alicyclic amines) is 1. The van der Waals surface area contributed by atoms with Gasteiger partial charge in [-0.3, -0.25) is 4.79 Å². The van der Waals surface area contributed by atoms with E-state index in [1.54, 1.807) is 0 Å². The monoisotopic (exact) mass is 290 g/mol. The molecule has 0 bridgehead atoms. The van der Waals surface area contributed by atoms with Gasteiger partial charge in [-0.05, 0) is 64.0 Å². The third kappa shape index (κ3) is 5.76. The summed E-state index contributed by atoms with van der Waals surface area (Å²) >= 11 is 0. The van der Waals surface area contributed by atoms with Crippen molar-refractivity contribution in [3.8, 4) is 5.75 Å². The number of ether oxygens (including phenoxy) is 1. The maximum Gasteiger partial charge on any atom is 0.225 e. The topological polar surface area (TPSA) is 41.6 Å². The number of benzene rings is 1. The lowest BCUT2D eigenvalue weighted by Crippen LogP contribution is -2.32. The molecule has 0 spiro atoms. The molecule has 1 aromatic rings. The predicted molar refractivity (Wildman–Crippen MR) is 85.7 cm³/mol. The molecule has 1 N–H and O–H groups in total. The van der Waals surface area contributed by atoms with Crippen molar-refractivity contribution in [1.82, 2.24) is 4.90 Å². The molecule has 0 saturated carbocycles. The molecule has 0 atom stereocenters. The molecule has 0 unspecified atom stereocenters. The highest BCUT2D eigenvalue weighted by molar-refractivity contribution is 5.90. The molecule has 1 aliphatic heterocycles. The highest BCUT2D eigenvalue weighted by Crippen LogP contribution is 2.17. The Hall–Kier alpha value is -1.55. The number of piperidine rings is 1. The molecule has 0 aliphatic carbocycles. The Labute approximate surface area is 127 Å². The molecule has 21 heavy (non-hydrogen) atoms. The second-order valence-electron chi connectivity index (χ2n) is 5.89. The molecule has 1 aliphatic rings. The zero-order chi connectivity index (χ0) is 15.1. The van der Waals surface area contributed by atoms with Crippen LogP contribution < -0.4 is 10.1 Å². The normalized spacial score (nSPS) is 16.0. The van der Waals surface area contributed by atoms with Crippen molar-refractivity contribution >= 4 is 11.6 Å². The minimum atomic E-state index is 0.0816. The molecule has 1 heterocycles. The van der Waals surface area contributed by atoms with Crippen molar-refractivity contribution in [3.05, 3.63) is 24.3 Å². The molecular formula is C17H26N2O2. The van der Waals surface area contributed by atoms with Crippen molar-refractivity contribution in [2.75, 3.05) is 25.0 Å². The Balaban J connectivity index is 1.74. The molecule has 4 heteroatoms. The van der Waals surface area contributed by atoms with E-state index in [-0.39, 0.29) is 12.0 Å². The number of carbonyl (C=O) groups is 1. The first-order valence-corrected chi connectivity index (χ1v) is 7.92. The van der Waals surface area contributed by atoms with E-state index in [4.69, 9.17) is 4.74 Å². The number of hydrogen-bond donors (Lipinski definition) is 1. The van der Waals surface area contributed by atoms with Crippen LogP contribution in [-0.2, 0) is 4.79 Å². The Kier molecular flexibility index (Phi) is 6.05. The van der Waals surface area contributed by atoms with Gasteiger partial charge in [-0.15, -0.1) is 0 Å². The highest BCUT2D eigenvalue weighted by Gasteiger charge is 2.11. The lowest BCUT2D eigenvalue weighted by Gasteiger charge is -2.25. The van der Waals surface area contributed by atoms with Crippen molar-refractivity contribution in [2.45, 2.75) is 45.6 Å². The molecule has 116 valence electrons. The summed E-state index contributed by atoms with van der Waals surface area (Å²) < 4.78 is 5.58. The van der Waals surface area contributed by atoms with E-state index in [9.17, 15) is 4.79 Å². The fourth-order valence-corrected chi connectivity index (χ4v) is 2.56. The lowest BCUT2D eigenvalue weighted by molar-refractivity contribution is -0.116. The predicted octanol–water partition coefficient (Wildman–Crippen LogP) is 3.29. The van der Waals surface area contributed by atoms with E-state index < -0.39 is 0 Å². The molecule has 1 fully saturated rings. The van der Waals surface area contributed by atoms with Gasteiger partial charge in [0.1, 0.15) is 5.75 Å². The number of carbonyl (C=O) groups excluding carboxylic acids is 1. The fourth-order valence-electron chi connectivity index (χ4n) is 2.56. The van der Waals surface area contributed by atoms with Crippen molar-refractivity contribution < 1.29 is 9.53 Å². The number of hydrogen-bond acceptors (Lipinski definition) is 3. The van der Waals surface area contributed by atoms with E-state index in [0.29, 0.717) is 6.42 Å². The fraction of sp³-hybridized carbons (Fsp3) is 0.588.